The van der Waals surface area contributed by atoms with Crippen LogP contribution in [-0.4, -0.2) is 48.3 Å². The van der Waals surface area contributed by atoms with E-state index in [1.54, 1.807) is 32.2 Å². The summed E-state index contributed by atoms with van der Waals surface area (Å²) in [7, 11) is 3.12. The second kappa shape index (κ2) is 8.52. The fraction of sp³-hybridized carbons (Fsp3) is 0.438. The van der Waals surface area contributed by atoms with Gasteiger partial charge in [0.05, 0.1) is 25.1 Å². The van der Waals surface area contributed by atoms with E-state index in [4.69, 9.17) is 4.52 Å². The Morgan fingerprint density at radius 3 is 2.76 bits per heavy atom. The molecular formula is C16H19F2N3O4. The average molecular weight is 355 g/mol. The van der Waals surface area contributed by atoms with E-state index in [9.17, 15) is 13.6 Å². The van der Waals surface area contributed by atoms with Crippen LogP contribution in [0, 0.1) is 5.92 Å². The molecule has 25 heavy (non-hydrogen) atoms. The highest BCUT2D eigenvalue weighted by Gasteiger charge is 2.19. The summed E-state index contributed by atoms with van der Waals surface area (Å²) in [4.78, 5) is 17.5. The fourth-order valence-corrected chi connectivity index (χ4v) is 2.32. The maximum atomic E-state index is 12.5. The third-order valence-corrected chi connectivity index (χ3v) is 3.41. The first kappa shape index (κ1) is 18.8. The van der Waals surface area contributed by atoms with Crippen LogP contribution in [0.5, 0.6) is 5.75 Å². The lowest BCUT2D eigenvalue weighted by Crippen LogP contribution is -2.29. The van der Waals surface area contributed by atoms with Gasteiger partial charge in [0.15, 0.2) is 0 Å². The van der Waals surface area contributed by atoms with Gasteiger partial charge in [-0.2, -0.15) is 13.8 Å². The number of esters is 1. The van der Waals surface area contributed by atoms with Gasteiger partial charge in [0.1, 0.15) is 5.75 Å². The topological polar surface area (TPSA) is 77.7 Å². The number of benzene rings is 1. The minimum absolute atomic E-state index is 0.0301. The van der Waals surface area contributed by atoms with Gasteiger partial charge in [-0.1, -0.05) is 24.2 Å². The number of ether oxygens (including phenoxy) is 2. The number of nitrogens with zero attached hydrogens (tertiary/aromatic N) is 3. The largest absolute Gasteiger partial charge is 0.469 e. The van der Waals surface area contributed by atoms with Gasteiger partial charge in [0, 0.05) is 6.54 Å². The molecule has 2 aromatic rings. The maximum Gasteiger partial charge on any atom is 0.387 e. The molecule has 0 radical (unpaired) electrons. The Hall–Kier alpha value is -2.55. The number of hydrogen-bond donors (Lipinski definition) is 0. The highest BCUT2D eigenvalue weighted by molar-refractivity contribution is 5.72. The fourth-order valence-electron chi connectivity index (χ4n) is 2.32. The summed E-state index contributed by atoms with van der Waals surface area (Å²) < 4.78 is 39.3. The van der Waals surface area contributed by atoms with Gasteiger partial charge in [0.25, 0.3) is 0 Å². The van der Waals surface area contributed by atoms with E-state index >= 15 is 0 Å². The molecule has 0 aliphatic heterocycles. The molecule has 1 heterocycles. The summed E-state index contributed by atoms with van der Waals surface area (Å²) in [5.74, 6) is -0.201. The Labute approximate surface area is 143 Å². The van der Waals surface area contributed by atoms with Gasteiger partial charge in [0.2, 0.25) is 11.7 Å². The molecule has 0 amide bonds. The molecule has 0 saturated heterocycles. The lowest BCUT2D eigenvalue weighted by Gasteiger charge is -2.17. The molecule has 2 rings (SSSR count). The Morgan fingerprint density at radius 2 is 2.08 bits per heavy atom. The molecule has 0 aliphatic rings. The highest BCUT2D eigenvalue weighted by atomic mass is 19.3. The molecule has 1 aromatic heterocycles. The smallest absolute Gasteiger partial charge is 0.387 e. The second-order valence-electron chi connectivity index (χ2n) is 5.51. The van der Waals surface area contributed by atoms with E-state index in [1.165, 1.54) is 13.2 Å². The first-order valence-corrected chi connectivity index (χ1v) is 7.54. The molecule has 9 heteroatoms. The predicted molar refractivity (Wildman–Crippen MR) is 83.9 cm³/mol. The molecule has 1 aromatic carbocycles. The number of carbonyl (C=O) groups excluding carboxylic acids is 1. The summed E-state index contributed by atoms with van der Waals surface area (Å²) in [5, 5.41) is 3.81. The van der Waals surface area contributed by atoms with Gasteiger partial charge < -0.3 is 14.0 Å². The lowest BCUT2D eigenvalue weighted by molar-refractivity contribution is -0.145. The van der Waals surface area contributed by atoms with E-state index in [0.717, 1.165) is 0 Å². The third-order valence-electron chi connectivity index (χ3n) is 3.41. The average Bonchev–Trinajstić information content (AvgIpc) is 3.01. The van der Waals surface area contributed by atoms with Crippen molar-refractivity contribution in [2.24, 2.45) is 5.92 Å². The SMILES string of the molecule is COC(=O)C(C)CN(C)Cc1nc(-c2ccccc2OC(F)F)no1. The standard InChI is InChI=1S/C16H19F2N3O4/c1-10(15(22)23-3)8-21(2)9-13-19-14(20-25-13)11-6-4-5-7-12(11)24-16(17)18/h4-7,10,16H,8-9H2,1-3H3. The predicted octanol–water partition coefficient (Wildman–Crippen LogP) is 2.58. The minimum Gasteiger partial charge on any atom is -0.469 e. The van der Waals surface area contributed by atoms with Crippen LogP contribution in [0.3, 0.4) is 0 Å². The van der Waals surface area contributed by atoms with Crippen molar-refractivity contribution in [1.29, 1.82) is 0 Å². The molecule has 0 saturated carbocycles. The number of para-hydroxylation sites is 1. The first-order chi connectivity index (χ1) is 11.9. The zero-order chi connectivity index (χ0) is 18.4. The lowest BCUT2D eigenvalue weighted by atomic mass is 10.2. The summed E-state index contributed by atoms with van der Waals surface area (Å²) >= 11 is 0. The van der Waals surface area contributed by atoms with Gasteiger partial charge >= 0.3 is 12.6 Å². The molecule has 0 fully saturated rings. The Balaban J connectivity index is 2.07. The molecule has 0 N–H and O–H groups in total. The molecular weight excluding hydrogens is 336 g/mol. The second-order valence-corrected chi connectivity index (χ2v) is 5.51. The third kappa shape index (κ3) is 5.21. The van der Waals surface area contributed by atoms with Crippen LogP contribution in [0.2, 0.25) is 0 Å². The van der Waals surface area contributed by atoms with Gasteiger partial charge in [-0.25, -0.2) is 0 Å². The molecule has 1 atom stereocenters. The molecule has 136 valence electrons. The van der Waals surface area contributed by atoms with Gasteiger partial charge in [-0.05, 0) is 19.2 Å². The van der Waals surface area contributed by atoms with Crippen LogP contribution in [0.1, 0.15) is 12.8 Å². The summed E-state index contributed by atoms with van der Waals surface area (Å²) in [6.45, 7) is -0.459. The van der Waals surface area contributed by atoms with Crippen LogP contribution in [0.4, 0.5) is 8.78 Å². The van der Waals surface area contributed by atoms with Crippen molar-refractivity contribution in [2.45, 2.75) is 20.1 Å². The molecule has 7 nitrogen and oxygen atoms in total. The van der Waals surface area contributed by atoms with Crippen molar-refractivity contribution >= 4 is 5.97 Å². The normalized spacial score (nSPS) is 12.4. The monoisotopic (exact) mass is 355 g/mol. The molecule has 0 bridgehead atoms. The minimum atomic E-state index is -2.95. The van der Waals surface area contributed by atoms with E-state index < -0.39 is 6.61 Å². The van der Waals surface area contributed by atoms with Crippen molar-refractivity contribution in [2.75, 3.05) is 20.7 Å². The number of rotatable bonds is 8. The van der Waals surface area contributed by atoms with Crippen molar-refractivity contribution < 1.29 is 27.6 Å². The quantitative estimate of drug-likeness (QED) is 0.674. The van der Waals surface area contributed by atoms with Crippen molar-refractivity contribution in [1.82, 2.24) is 15.0 Å². The number of hydrogen-bond acceptors (Lipinski definition) is 7. The van der Waals surface area contributed by atoms with E-state index in [2.05, 4.69) is 19.6 Å². The Morgan fingerprint density at radius 1 is 1.36 bits per heavy atom. The van der Waals surface area contributed by atoms with Crippen LogP contribution >= 0.6 is 0 Å². The number of alkyl halides is 2. The van der Waals surface area contributed by atoms with Crippen molar-refractivity contribution in [3.63, 3.8) is 0 Å². The van der Waals surface area contributed by atoms with E-state index in [0.29, 0.717) is 24.5 Å². The number of aromatic nitrogens is 2. The molecule has 1 unspecified atom stereocenters. The summed E-state index contributed by atoms with van der Waals surface area (Å²) in [6.07, 6.45) is 0. The van der Waals surface area contributed by atoms with Gasteiger partial charge in [-0.3, -0.25) is 9.69 Å². The van der Waals surface area contributed by atoms with Crippen LogP contribution in [0.15, 0.2) is 28.8 Å². The number of halogens is 2. The Kier molecular flexibility index (Phi) is 6.40. The summed E-state index contributed by atoms with van der Waals surface area (Å²) in [6, 6.07) is 6.20. The van der Waals surface area contributed by atoms with Crippen LogP contribution in [-0.2, 0) is 16.1 Å². The van der Waals surface area contributed by atoms with E-state index in [-0.39, 0.29) is 23.5 Å². The first-order valence-electron chi connectivity index (χ1n) is 7.54. The zero-order valence-corrected chi connectivity index (χ0v) is 14.1. The summed E-state index contributed by atoms with van der Waals surface area (Å²) in [5.41, 5.74) is 0.309. The van der Waals surface area contributed by atoms with Crippen LogP contribution < -0.4 is 4.74 Å². The molecule has 0 spiro atoms. The van der Waals surface area contributed by atoms with Crippen molar-refractivity contribution in [3.05, 3.63) is 30.2 Å². The maximum absolute atomic E-state index is 12.5. The molecule has 0 aliphatic carbocycles. The Bertz CT molecular complexity index is 708. The highest BCUT2D eigenvalue weighted by Crippen LogP contribution is 2.28. The van der Waals surface area contributed by atoms with E-state index in [1.807, 2.05) is 4.90 Å². The van der Waals surface area contributed by atoms with Gasteiger partial charge in [-0.15, -0.1) is 0 Å². The van der Waals surface area contributed by atoms with Crippen molar-refractivity contribution in [3.8, 4) is 17.1 Å². The van der Waals surface area contributed by atoms with Crippen LogP contribution in [0.25, 0.3) is 11.4 Å². The number of methoxy groups -OCH3 is 1. The number of carbonyl (C=O) groups is 1. The zero-order valence-electron chi connectivity index (χ0n) is 14.1.